The summed E-state index contributed by atoms with van der Waals surface area (Å²) in [6, 6.07) is 16.0. The second-order valence-corrected chi connectivity index (χ2v) is 4.86. The number of carbonyl (C=O) groups is 1. The molecule has 0 unspecified atom stereocenters. The van der Waals surface area contributed by atoms with Gasteiger partial charge in [-0.25, -0.2) is 0 Å². The first-order valence-corrected chi connectivity index (χ1v) is 7.46. The van der Waals surface area contributed by atoms with Crippen molar-refractivity contribution in [1.82, 2.24) is 0 Å². The molecule has 0 aromatic heterocycles. The highest BCUT2D eigenvalue weighted by molar-refractivity contribution is 6.09. The lowest BCUT2D eigenvalue weighted by atomic mass is 10.1. The summed E-state index contributed by atoms with van der Waals surface area (Å²) in [6.07, 6.45) is 1.52. The van der Waals surface area contributed by atoms with Crippen LogP contribution in [0.2, 0.25) is 0 Å². The van der Waals surface area contributed by atoms with Crippen molar-refractivity contribution < 1.29 is 14.3 Å². The monoisotopic (exact) mass is 322 g/mol. The van der Waals surface area contributed by atoms with Crippen molar-refractivity contribution >= 4 is 17.7 Å². The molecule has 2 aromatic rings. The first-order valence-electron chi connectivity index (χ1n) is 7.46. The molecule has 0 saturated carbocycles. The van der Waals surface area contributed by atoms with Crippen LogP contribution in [0, 0.1) is 11.3 Å². The summed E-state index contributed by atoms with van der Waals surface area (Å²) >= 11 is 0. The Balaban J connectivity index is 2.13. The lowest BCUT2D eigenvalue weighted by molar-refractivity contribution is -0.112. The van der Waals surface area contributed by atoms with E-state index < -0.39 is 5.91 Å². The number of hydrogen-bond donors (Lipinski definition) is 1. The Morgan fingerprint density at radius 2 is 1.96 bits per heavy atom. The molecular formula is C19H18N2O3. The van der Waals surface area contributed by atoms with Gasteiger partial charge in [-0.15, -0.1) is 0 Å². The van der Waals surface area contributed by atoms with Gasteiger partial charge in [0.1, 0.15) is 23.1 Å². The third-order valence-corrected chi connectivity index (χ3v) is 3.19. The average Bonchev–Trinajstić information content (AvgIpc) is 2.61. The molecule has 0 aliphatic rings. The number of methoxy groups -OCH3 is 1. The third kappa shape index (κ3) is 4.62. The zero-order valence-corrected chi connectivity index (χ0v) is 13.6. The van der Waals surface area contributed by atoms with E-state index in [2.05, 4.69) is 5.32 Å². The van der Waals surface area contributed by atoms with Gasteiger partial charge in [-0.05, 0) is 55.0 Å². The molecule has 24 heavy (non-hydrogen) atoms. The molecule has 0 heterocycles. The van der Waals surface area contributed by atoms with Crippen LogP contribution in [0.1, 0.15) is 12.5 Å². The number of anilines is 1. The number of carbonyl (C=O) groups excluding carboxylic acids is 1. The topological polar surface area (TPSA) is 71.3 Å². The van der Waals surface area contributed by atoms with E-state index >= 15 is 0 Å². The fourth-order valence-corrected chi connectivity index (χ4v) is 2.05. The van der Waals surface area contributed by atoms with Gasteiger partial charge < -0.3 is 14.8 Å². The molecule has 1 amide bonds. The van der Waals surface area contributed by atoms with E-state index in [1.807, 2.05) is 13.0 Å². The number of rotatable bonds is 6. The van der Waals surface area contributed by atoms with Crippen molar-refractivity contribution in [3.05, 3.63) is 59.7 Å². The van der Waals surface area contributed by atoms with Gasteiger partial charge in [0.15, 0.2) is 0 Å². The molecule has 0 spiro atoms. The van der Waals surface area contributed by atoms with Crippen LogP contribution in [-0.2, 0) is 4.79 Å². The molecule has 5 nitrogen and oxygen atoms in total. The largest absolute Gasteiger partial charge is 0.497 e. The fraction of sp³-hybridized carbons (Fsp3) is 0.158. The Bertz CT molecular complexity index is 774. The summed E-state index contributed by atoms with van der Waals surface area (Å²) in [5, 5.41) is 11.9. The van der Waals surface area contributed by atoms with Crippen LogP contribution in [0.3, 0.4) is 0 Å². The second-order valence-electron chi connectivity index (χ2n) is 4.86. The Labute approximate surface area is 141 Å². The molecule has 0 fully saturated rings. The minimum Gasteiger partial charge on any atom is -0.497 e. The van der Waals surface area contributed by atoms with Gasteiger partial charge in [0, 0.05) is 5.69 Å². The standard InChI is InChI=1S/C19H18N2O3/c1-3-24-17-9-7-16(8-10-17)21-19(22)15(13-20)11-14-5-4-6-18(12-14)23-2/h4-12H,3H2,1-2H3,(H,21,22)/b15-11-. The van der Waals surface area contributed by atoms with E-state index in [0.29, 0.717) is 23.6 Å². The number of nitrogens with zero attached hydrogens (tertiary/aromatic N) is 1. The highest BCUT2D eigenvalue weighted by atomic mass is 16.5. The van der Waals surface area contributed by atoms with Gasteiger partial charge >= 0.3 is 0 Å². The van der Waals surface area contributed by atoms with Crippen molar-refractivity contribution in [3.63, 3.8) is 0 Å². The van der Waals surface area contributed by atoms with Gasteiger partial charge in [-0.3, -0.25) is 4.79 Å². The van der Waals surface area contributed by atoms with E-state index in [1.54, 1.807) is 55.6 Å². The van der Waals surface area contributed by atoms with Crippen LogP contribution in [0.4, 0.5) is 5.69 Å². The average molecular weight is 322 g/mol. The third-order valence-electron chi connectivity index (χ3n) is 3.19. The van der Waals surface area contributed by atoms with Crippen molar-refractivity contribution in [2.45, 2.75) is 6.92 Å². The molecule has 2 rings (SSSR count). The molecule has 0 radical (unpaired) electrons. The maximum Gasteiger partial charge on any atom is 0.266 e. The first kappa shape index (κ1) is 17.1. The number of nitrogens with one attached hydrogen (secondary N) is 1. The summed E-state index contributed by atoms with van der Waals surface area (Å²) in [7, 11) is 1.56. The predicted octanol–water partition coefficient (Wildman–Crippen LogP) is 3.64. The van der Waals surface area contributed by atoms with Gasteiger partial charge in [-0.2, -0.15) is 5.26 Å². The second kappa shape index (κ2) is 8.39. The maximum atomic E-state index is 12.2. The van der Waals surface area contributed by atoms with Crippen molar-refractivity contribution in [3.8, 4) is 17.6 Å². The van der Waals surface area contributed by atoms with Crippen LogP contribution >= 0.6 is 0 Å². The summed E-state index contributed by atoms with van der Waals surface area (Å²) in [4.78, 5) is 12.2. The van der Waals surface area contributed by atoms with Crippen molar-refractivity contribution in [2.75, 3.05) is 19.0 Å². The van der Waals surface area contributed by atoms with Gasteiger partial charge in [0.05, 0.1) is 13.7 Å². The lowest BCUT2D eigenvalue weighted by Gasteiger charge is -2.07. The zero-order chi connectivity index (χ0) is 17.4. The number of nitriles is 1. The molecule has 5 heteroatoms. The highest BCUT2D eigenvalue weighted by Crippen LogP contribution is 2.18. The van der Waals surface area contributed by atoms with Crippen LogP contribution in [0.5, 0.6) is 11.5 Å². The molecule has 0 bridgehead atoms. The quantitative estimate of drug-likeness (QED) is 0.651. The van der Waals surface area contributed by atoms with Gasteiger partial charge in [0.25, 0.3) is 5.91 Å². The van der Waals surface area contributed by atoms with Crippen LogP contribution in [-0.4, -0.2) is 19.6 Å². The first-order chi connectivity index (χ1) is 11.7. The summed E-state index contributed by atoms with van der Waals surface area (Å²) in [6.45, 7) is 2.48. The summed E-state index contributed by atoms with van der Waals surface area (Å²) < 4.78 is 10.5. The lowest BCUT2D eigenvalue weighted by Crippen LogP contribution is -2.13. The van der Waals surface area contributed by atoms with Gasteiger partial charge in [0.2, 0.25) is 0 Å². The van der Waals surface area contributed by atoms with E-state index in [0.717, 1.165) is 5.75 Å². The van der Waals surface area contributed by atoms with Crippen LogP contribution in [0.25, 0.3) is 6.08 Å². The Kier molecular flexibility index (Phi) is 5.98. The maximum absolute atomic E-state index is 12.2. The number of amides is 1. The summed E-state index contributed by atoms with van der Waals surface area (Å²) in [5.74, 6) is 0.917. The molecule has 0 aliphatic carbocycles. The van der Waals surface area contributed by atoms with E-state index in [-0.39, 0.29) is 5.57 Å². The minimum atomic E-state index is -0.468. The molecule has 0 aliphatic heterocycles. The molecule has 0 atom stereocenters. The molecule has 0 saturated heterocycles. The molecular weight excluding hydrogens is 304 g/mol. The van der Waals surface area contributed by atoms with E-state index in [1.165, 1.54) is 6.08 Å². The molecule has 2 aromatic carbocycles. The highest BCUT2D eigenvalue weighted by Gasteiger charge is 2.10. The zero-order valence-electron chi connectivity index (χ0n) is 13.6. The Morgan fingerprint density at radius 1 is 1.21 bits per heavy atom. The Morgan fingerprint density at radius 3 is 2.58 bits per heavy atom. The van der Waals surface area contributed by atoms with Gasteiger partial charge in [-0.1, -0.05) is 12.1 Å². The van der Waals surface area contributed by atoms with Crippen LogP contribution < -0.4 is 14.8 Å². The molecule has 1 N–H and O–H groups in total. The smallest absolute Gasteiger partial charge is 0.266 e. The number of benzene rings is 2. The van der Waals surface area contributed by atoms with Crippen molar-refractivity contribution in [2.24, 2.45) is 0 Å². The van der Waals surface area contributed by atoms with Crippen LogP contribution in [0.15, 0.2) is 54.1 Å². The molecule has 122 valence electrons. The fourth-order valence-electron chi connectivity index (χ4n) is 2.05. The van der Waals surface area contributed by atoms with Crippen molar-refractivity contribution in [1.29, 1.82) is 5.26 Å². The number of ether oxygens (including phenoxy) is 2. The summed E-state index contributed by atoms with van der Waals surface area (Å²) in [5.41, 5.74) is 1.32. The Hall–Kier alpha value is -3.26. The number of hydrogen-bond acceptors (Lipinski definition) is 4. The SMILES string of the molecule is CCOc1ccc(NC(=O)/C(C#N)=C\c2cccc(OC)c2)cc1. The van der Waals surface area contributed by atoms with E-state index in [9.17, 15) is 10.1 Å². The minimum absolute atomic E-state index is 0.0112. The predicted molar refractivity (Wildman–Crippen MR) is 92.8 cm³/mol. The van der Waals surface area contributed by atoms with E-state index in [4.69, 9.17) is 9.47 Å². The normalized spacial score (nSPS) is 10.6.